The zero-order chi connectivity index (χ0) is 15.5. The molecule has 1 aromatic carbocycles. The lowest BCUT2D eigenvalue weighted by atomic mass is 9.74. The van der Waals surface area contributed by atoms with Gasteiger partial charge in [0.1, 0.15) is 0 Å². The molecule has 1 aromatic rings. The van der Waals surface area contributed by atoms with E-state index in [1.54, 1.807) is 5.56 Å². The van der Waals surface area contributed by atoms with Crippen molar-refractivity contribution in [3.05, 3.63) is 33.4 Å². The first-order valence-electron chi connectivity index (χ1n) is 8.02. The van der Waals surface area contributed by atoms with Crippen molar-refractivity contribution in [1.82, 2.24) is 5.32 Å². The zero-order valence-electron chi connectivity index (χ0n) is 14.8. The molecule has 0 heterocycles. The van der Waals surface area contributed by atoms with Crippen molar-refractivity contribution in [3.63, 3.8) is 0 Å². The Bertz CT molecular complexity index is 440. The molecule has 0 aliphatic rings. The Morgan fingerprint density at radius 1 is 0.750 bits per heavy atom. The van der Waals surface area contributed by atoms with Crippen molar-refractivity contribution < 1.29 is 0 Å². The fourth-order valence-electron chi connectivity index (χ4n) is 3.34. The predicted molar refractivity (Wildman–Crippen MR) is 90.9 cm³/mol. The number of nitrogens with one attached hydrogen (secondary N) is 1. The molecule has 0 saturated carbocycles. The van der Waals surface area contributed by atoms with Gasteiger partial charge in [-0.1, -0.05) is 20.8 Å². The van der Waals surface area contributed by atoms with Gasteiger partial charge in [-0.2, -0.15) is 0 Å². The van der Waals surface area contributed by atoms with Crippen LogP contribution in [-0.2, 0) is 5.41 Å². The minimum Gasteiger partial charge on any atom is -0.317 e. The van der Waals surface area contributed by atoms with Gasteiger partial charge in [-0.05, 0) is 99.3 Å². The first-order chi connectivity index (χ1) is 9.24. The molecular weight excluding hydrogens is 242 g/mol. The highest BCUT2D eigenvalue weighted by molar-refractivity contribution is 5.52. The summed E-state index contributed by atoms with van der Waals surface area (Å²) in [6.45, 7) is 20.6. The van der Waals surface area contributed by atoms with E-state index < -0.39 is 0 Å². The number of benzene rings is 1. The largest absolute Gasteiger partial charge is 0.317 e. The second-order valence-corrected chi connectivity index (χ2v) is 6.88. The second-order valence-electron chi connectivity index (χ2n) is 6.88. The second kappa shape index (κ2) is 6.76. The van der Waals surface area contributed by atoms with E-state index in [1.807, 2.05) is 0 Å². The van der Waals surface area contributed by atoms with E-state index in [-0.39, 0.29) is 5.41 Å². The highest BCUT2D eigenvalue weighted by Gasteiger charge is 2.26. The number of hydrogen-bond acceptors (Lipinski definition) is 1. The quantitative estimate of drug-likeness (QED) is 0.728. The van der Waals surface area contributed by atoms with Crippen LogP contribution in [0.25, 0.3) is 0 Å². The maximum atomic E-state index is 3.54. The summed E-state index contributed by atoms with van der Waals surface area (Å²) in [5.74, 6) is 0. The molecule has 114 valence electrons. The standard InChI is InChI=1S/C19H33N/c1-9-11-20-12-10-19(7,8)18-16(5)14(3)13(2)15(4)17(18)6/h20H,9-12H2,1-8H3. The highest BCUT2D eigenvalue weighted by atomic mass is 14.8. The molecule has 1 rings (SSSR count). The first kappa shape index (κ1) is 17.2. The predicted octanol–water partition coefficient (Wildman–Crippen LogP) is 4.90. The fourth-order valence-corrected chi connectivity index (χ4v) is 3.34. The van der Waals surface area contributed by atoms with Gasteiger partial charge in [0.25, 0.3) is 0 Å². The molecule has 0 saturated heterocycles. The van der Waals surface area contributed by atoms with Crippen LogP contribution in [0.15, 0.2) is 0 Å². The minimum atomic E-state index is 0.234. The van der Waals surface area contributed by atoms with Crippen molar-refractivity contribution in [2.75, 3.05) is 13.1 Å². The van der Waals surface area contributed by atoms with E-state index in [0.717, 1.165) is 13.1 Å². The lowest BCUT2D eigenvalue weighted by Crippen LogP contribution is -2.28. The van der Waals surface area contributed by atoms with Gasteiger partial charge in [0.15, 0.2) is 0 Å². The first-order valence-corrected chi connectivity index (χ1v) is 8.02. The van der Waals surface area contributed by atoms with Crippen LogP contribution in [0.5, 0.6) is 0 Å². The van der Waals surface area contributed by atoms with Crippen molar-refractivity contribution in [3.8, 4) is 0 Å². The maximum absolute atomic E-state index is 3.54. The monoisotopic (exact) mass is 275 g/mol. The van der Waals surface area contributed by atoms with Crippen LogP contribution in [0.1, 0.15) is 67.0 Å². The smallest absolute Gasteiger partial charge is 0.00406 e. The SMILES string of the molecule is CCCNCCC(C)(C)c1c(C)c(C)c(C)c(C)c1C. The summed E-state index contributed by atoms with van der Waals surface area (Å²) >= 11 is 0. The molecule has 0 unspecified atom stereocenters. The zero-order valence-corrected chi connectivity index (χ0v) is 14.8. The molecule has 1 heteroatoms. The van der Waals surface area contributed by atoms with Crippen LogP contribution in [-0.4, -0.2) is 13.1 Å². The van der Waals surface area contributed by atoms with E-state index in [9.17, 15) is 0 Å². The van der Waals surface area contributed by atoms with Gasteiger partial charge in [0.2, 0.25) is 0 Å². The molecule has 0 aliphatic carbocycles. The Morgan fingerprint density at radius 2 is 1.20 bits per heavy atom. The van der Waals surface area contributed by atoms with Gasteiger partial charge >= 0.3 is 0 Å². The molecule has 0 spiro atoms. The van der Waals surface area contributed by atoms with Gasteiger partial charge in [-0.25, -0.2) is 0 Å². The molecule has 0 fully saturated rings. The van der Waals surface area contributed by atoms with E-state index in [2.05, 4.69) is 60.7 Å². The maximum Gasteiger partial charge on any atom is -0.00406 e. The summed E-state index contributed by atoms with van der Waals surface area (Å²) in [4.78, 5) is 0. The van der Waals surface area contributed by atoms with Crippen molar-refractivity contribution in [2.24, 2.45) is 0 Å². The van der Waals surface area contributed by atoms with E-state index in [1.165, 1.54) is 40.7 Å². The lowest BCUT2D eigenvalue weighted by molar-refractivity contribution is 0.452. The average molecular weight is 275 g/mol. The van der Waals surface area contributed by atoms with E-state index in [0.29, 0.717) is 0 Å². The Labute approximate surface area is 126 Å². The van der Waals surface area contributed by atoms with Gasteiger partial charge in [0.05, 0.1) is 0 Å². The highest BCUT2D eigenvalue weighted by Crippen LogP contribution is 2.36. The van der Waals surface area contributed by atoms with Gasteiger partial charge in [-0.3, -0.25) is 0 Å². The van der Waals surface area contributed by atoms with Crippen molar-refractivity contribution in [2.45, 2.75) is 73.6 Å². The molecule has 0 aromatic heterocycles. The lowest BCUT2D eigenvalue weighted by Gasteiger charge is -2.32. The normalized spacial score (nSPS) is 12.0. The molecule has 20 heavy (non-hydrogen) atoms. The van der Waals surface area contributed by atoms with Gasteiger partial charge in [0, 0.05) is 0 Å². The summed E-state index contributed by atoms with van der Waals surface area (Å²) in [6.07, 6.45) is 2.40. The summed E-state index contributed by atoms with van der Waals surface area (Å²) in [6, 6.07) is 0. The molecule has 1 nitrogen and oxygen atoms in total. The molecule has 0 bridgehead atoms. The Hall–Kier alpha value is -0.820. The van der Waals surface area contributed by atoms with Crippen molar-refractivity contribution >= 4 is 0 Å². The summed E-state index contributed by atoms with van der Waals surface area (Å²) in [5.41, 5.74) is 9.19. The van der Waals surface area contributed by atoms with Crippen LogP contribution in [0, 0.1) is 34.6 Å². The van der Waals surface area contributed by atoms with Crippen LogP contribution < -0.4 is 5.32 Å². The van der Waals surface area contributed by atoms with E-state index >= 15 is 0 Å². The van der Waals surface area contributed by atoms with Crippen molar-refractivity contribution in [1.29, 1.82) is 0 Å². The van der Waals surface area contributed by atoms with E-state index in [4.69, 9.17) is 0 Å². The van der Waals surface area contributed by atoms with Gasteiger partial charge in [-0.15, -0.1) is 0 Å². The summed E-state index contributed by atoms with van der Waals surface area (Å²) < 4.78 is 0. The third-order valence-corrected chi connectivity index (χ3v) is 5.03. The Morgan fingerprint density at radius 3 is 1.65 bits per heavy atom. The molecule has 0 aliphatic heterocycles. The molecular formula is C19H33N. The topological polar surface area (TPSA) is 12.0 Å². The third kappa shape index (κ3) is 3.44. The Kier molecular flexibility index (Phi) is 5.82. The summed E-state index contributed by atoms with van der Waals surface area (Å²) in [7, 11) is 0. The average Bonchev–Trinajstić information content (AvgIpc) is 2.39. The summed E-state index contributed by atoms with van der Waals surface area (Å²) in [5, 5.41) is 3.54. The van der Waals surface area contributed by atoms with Gasteiger partial charge < -0.3 is 5.32 Å². The third-order valence-electron chi connectivity index (χ3n) is 5.03. The minimum absolute atomic E-state index is 0.234. The van der Waals surface area contributed by atoms with Crippen LogP contribution in [0.2, 0.25) is 0 Å². The molecule has 0 atom stereocenters. The number of rotatable bonds is 6. The molecule has 1 N–H and O–H groups in total. The molecule has 0 radical (unpaired) electrons. The molecule has 0 amide bonds. The van der Waals surface area contributed by atoms with Crippen LogP contribution >= 0.6 is 0 Å². The van der Waals surface area contributed by atoms with Crippen LogP contribution in [0.4, 0.5) is 0 Å². The van der Waals surface area contributed by atoms with Crippen LogP contribution in [0.3, 0.4) is 0 Å². The fraction of sp³-hybridized carbons (Fsp3) is 0.684. The Balaban J connectivity index is 3.11. The number of hydrogen-bond donors (Lipinski definition) is 1.